The maximum Gasteiger partial charge on any atom is 0.246 e. The Morgan fingerprint density at radius 3 is 2.87 bits per heavy atom. The zero-order chi connectivity index (χ0) is 16.1. The van der Waals surface area contributed by atoms with E-state index in [0.717, 1.165) is 9.77 Å². The van der Waals surface area contributed by atoms with Crippen LogP contribution in [0.3, 0.4) is 0 Å². The number of nitrogens with one attached hydrogen (secondary N) is 1. The van der Waals surface area contributed by atoms with E-state index in [1.807, 2.05) is 54.8 Å². The molecule has 0 bridgehead atoms. The molecule has 5 nitrogen and oxygen atoms in total. The largest absolute Gasteiger partial charge is 0.346 e. The summed E-state index contributed by atoms with van der Waals surface area (Å²) in [7, 11) is 0. The topological polar surface area (TPSA) is 68.0 Å². The van der Waals surface area contributed by atoms with E-state index >= 15 is 0 Å². The van der Waals surface area contributed by atoms with Crippen molar-refractivity contribution in [1.82, 2.24) is 15.5 Å². The molecule has 23 heavy (non-hydrogen) atoms. The second-order valence-corrected chi connectivity index (χ2v) is 7.14. The van der Waals surface area contributed by atoms with E-state index in [2.05, 4.69) is 15.5 Å². The minimum absolute atomic E-state index is 0.0604. The van der Waals surface area contributed by atoms with Crippen LogP contribution in [0.15, 0.2) is 57.3 Å². The number of carbonyl (C=O) groups is 1. The van der Waals surface area contributed by atoms with Crippen molar-refractivity contribution in [2.75, 3.05) is 0 Å². The lowest BCUT2D eigenvalue weighted by atomic mass is 10.4. The van der Waals surface area contributed by atoms with E-state index in [9.17, 15) is 4.79 Å². The number of hydrogen-bond acceptors (Lipinski definition) is 6. The molecule has 1 amide bonds. The monoisotopic (exact) mass is 345 g/mol. The summed E-state index contributed by atoms with van der Waals surface area (Å²) in [5.41, 5.74) is 0. The molecule has 0 aliphatic carbocycles. The third-order valence-electron chi connectivity index (χ3n) is 3.05. The van der Waals surface area contributed by atoms with Crippen molar-refractivity contribution < 1.29 is 9.32 Å². The average molecular weight is 345 g/mol. The maximum absolute atomic E-state index is 12.1. The predicted molar refractivity (Wildman–Crippen MR) is 91.2 cm³/mol. The van der Waals surface area contributed by atoms with Gasteiger partial charge in [-0.25, -0.2) is 0 Å². The van der Waals surface area contributed by atoms with Crippen LogP contribution in [0, 0.1) is 0 Å². The Bertz CT molecular complexity index is 757. The maximum atomic E-state index is 12.1. The Hall–Kier alpha value is -2.12. The van der Waals surface area contributed by atoms with Crippen molar-refractivity contribution in [1.29, 1.82) is 0 Å². The number of nitrogens with zero attached hydrogens (tertiary/aromatic N) is 2. The van der Waals surface area contributed by atoms with Gasteiger partial charge in [0.25, 0.3) is 0 Å². The Morgan fingerprint density at radius 2 is 2.13 bits per heavy atom. The fraction of sp³-hybridized carbons (Fsp3) is 0.188. The van der Waals surface area contributed by atoms with Gasteiger partial charge in [-0.2, -0.15) is 4.98 Å². The SMILES string of the molecule is C[C@@H](Sc1ccccc1)C(=O)NCc1nc(-c2cccs2)no1. The quantitative estimate of drug-likeness (QED) is 0.692. The zero-order valence-corrected chi connectivity index (χ0v) is 14.1. The van der Waals surface area contributed by atoms with E-state index in [1.54, 1.807) is 11.3 Å². The molecule has 1 N–H and O–H groups in total. The molecule has 1 atom stereocenters. The first kappa shape index (κ1) is 15.8. The van der Waals surface area contributed by atoms with Gasteiger partial charge in [-0.1, -0.05) is 29.4 Å². The van der Waals surface area contributed by atoms with Gasteiger partial charge in [0.05, 0.1) is 16.7 Å². The molecular weight excluding hydrogens is 330 g/mol. The molecule has 0 spiro atoms. The van der Waals surface area contributed by atoms with Crippen LogP contribution in [0.2, 0.25) is 0 Å². The molecule has 2 aromatic heterocycles. The van der Waals surface area contributed by atoms with Crippen molar-refractivity contribution in [2.24, 2.45) is 0 Å². The van der Waals surface area contributed by atoms with Gasteiger partial charge < -0.3 is 9.84 Å². The summed E-state index contributed by atoms with van der Waals surface area (Å²) in [5, 5.41) is 8.50. The van der Waals surface area contributed by atoms with E-state index in [1.165, 1.54) is 11.8 Å². The molecule has 2 heterocycles. The van der Waals surface area contributed by atoms with Gasteiger partial charge in [0, 0.05) is 4.90 Å². The third kappa shape index (κ3) is 4.20. The summed E-state index contributed by atoms with van der Waals surface area (Å²) >= 11 is 3.06. The van der Waals surface area contributed by atoms with Crippen molar-refractivity contribution in [3.05, 3.63) is 53.7 Å². The summed E-state index contributed by atoms with van der Waals surface area (Å²) < 4.78 is 5.16. The summed E-state index contributed by atoms with van der Waals surface area (Å²) in [6.45, 7) is 2.11. The molecule has 0 aliphatic heterocycles. The molecule has 3 rings (SSSR count). The summed E-state index contributed by atoms with van der Waals surface area (Å²) in [5.74, 6) is 0.893. The minimum atomic E-state index is -0.197. The molecule has 7 heteroatoms. The van der Waals surface area contributed by atoms with E-state index in [0.29, 0.717) is 11.7 Å². The zero-order valence-electron chi connectivity index (χ0n) is 12.4. The Kier molecular flexibility index (Phi) is 5.09. The first-order valence-corrected chi connectivity index (χ1v) is 8.84. The van der Waals surface area contributed by atoms with E-state index < -0.39 is 0 Å². The number of thioether (sulfide) groups is 1. The number of thiophene rings is 1. The smallest absolute Gasteiger partial charge is 0.246 e. The molecule has 1 aromatic carbocycles. The Balaban J connectivity index is 1.52. The summed E-state index contributed by atoms with van der Waals surface area (Å²) in [6, 6.07) is 13.7. The number of carbonyl (C=O) groups excluding carboxylic acids is 1. The number of rotatable bonds is 6. The fourth-order valence-electron chi connectivity index (χ4n) is 1.90. The van der Waals surface area contributed by atoms with Crippen LogP contribution in [0.4, 0.5) is 0 Å². The van der Waals surface area contributed by atoms with Crippen LogP contribution in [0.25, 0.3) is 10.7 Å². The van der Waals surface area contributed by atoms with Gasteiger partial charge in [-0.05, 0) is 30.5 Å². The molecule has 0 saturated carbocycles. The van der Waals surface area contributed by atoms with Crippen LogP contribution < -0.4 is 5.32 Å². The third-order valence-corrected chi connectivity index (χ3v) is 5.03. The van der Waals surface area contributed by atoms with Crippen LogP contribution in [0.5, 0.6) is 0 Å². The lowest BCUT2D eigenvalue weighted by Gasteiger charge is -2.10. The van der Waals surface area contributed by atoms with Gasteiger partial charge in [0.1, 0.15) is 0 Å². The Labute approximate surface area is 142 Å². The fourth-order valence-corrected chi connectivity index (χ4v) is 3.46. The average Bonchev–Trinajstić information content (AvgIpc) is 3.24. The van der Waals surface area contributed by atoms with Gasteiger partial charge >= 0.3 is 0 Å². The number of aromatic nitrogens is 2. The molecule has 0 saturated heterocycles. The first-order chi connectivity index (χ1) is 11.2. The van der Waals surface area contributed by atoms with Gasteiger partial charge in [-0.3, -0.25) is 4.79 Å². The lowest BCUT2D eigenvalue weighted by molar-refractivity contribution is -0.120. The molecular formula is C16H15N3O2S2. The van der Waals surface area contributed by atoms with Gasteiger partial charge in [0.15, 0.2) is 0 Å². The number of hydrogen-bond donors (Lipinski definition) is 1. The van der Waals surface area contributed by atoms with Crippen LogP contribution >= 0.6 is 23.1 Å². The molecule has 0 fully saturated rings. The van der Waals surface area contributed by atoms with E-state index in [-0.39, 0.29) is 17.7 Å². The van der Waals surface area contributed by atoms with Crippen molar-refractivity contribution in [3.8, 4) is 10.7 Å². The number of amides is 1. The van der Waals surface area contributed by atoms with Crippen molar-refractivity contribution in [2.45, 2.75) is 23.6 Å². The first-order valence-electron chi connectivity index (χ1n) is 7.08. The van der Waals surface area contributed by atoms with Crippen molar-refractivity contribution in [3.63, 3.8) is 0 Å². The van der Waals surface area contributed by atoms with Gasteiger partial charge in [0.2, 0.25) is 17.6 Å². The Morgan fingerprint density at radius 1 is 1.30 bits per heavy atom. The molecule has 0 radical (unpaired) electrons. The second-order valence-electron chi connectivity index (χ2n) is 4.78. The highest BCUT2D eigenvalue weighted by Crippen LogP contribution is 2.23. The normalized spacial score (nSPS) is 12.0. The van der Waals surface area contributed by atoms with Crippen LogP contribution in [0.1, 0.15) is 12.8 Å². The molecule has 0 aliphatic rings. The van der Waals surface area contributed by atoms with Crippen LogP contribution in [-0.2, 0) is 11.3 Å². The minimum Gasteiger partial charge on any atom is -0.346 e. The van der Waals surface area contributed by atoms with Crippen molar-refractivity contribution >= 4 is 29.0 Å². The highest BCUT2D eigenvalue weighted by Gasteiger charge is 2.16. The summed E-state index contributed by atoms with van der Waals surface area (Å²) in [4.78, 5) is 18.4. The lowest BCUT2D eigenvalue weighted by Crippen LogP contribution is -2.30. The highest BCUT2D eigenvalue weighted by molar-refractivity contribution is 8.00. The standard InChI is InChI=1S/C16H15N3O2S2/c1-11(23-12-6-3-2-4-7-12)16(20)17-10-14-18-15(19-21-14)13-8-5-9-22-13/h2-9,11H,10H2,1H3,(H,17,20)/t11-/m1/s1. The highest BCUT2D eigenvalue weighted by atomic mass is 32.2. The van der Waals surface area contributed by atoms with E-state index in [4.69, 9.17) is 4.52 Å². The number of benzene rings is 1. The summed E-state index contributed by atoms with van der Waals surface area (Å²) in [6.07, 6.45) is 0. The van der Waals surface area contributed by atoms with Crippen LogP contribution in [-0.4, -0.2) is 21.3 Å². The second kappa shape index (κ2) is 7.43. The molecule has 3 aromatic rings. The predicted octanol–water partition coefficient (Wildman–Crippen LogP) is 3.60. The molecule has 118 valence electrons. The van der Waals surface area contributed by atoms with Gasteiger partial charge in [-0.15, -0.1) is 23.1 Å². The molecule has 0 unspecified atom stereocenters.